The van der Waals surface area contributed by atoms with Crippen LogP contribution in [-0.4, -0.2) is 10.2 Å². The Kier molecular flexibility index (Phi) is 5.27. The lowest BCUT2D eigenvalue weighted by atomic mass is 9.73. The molecule has 2 heteroatoms. The average molecular weight is 326 g/mol. The van der Waals surface area contributed by atoms with Crippen LogP contribution in [0.25, 0.3) is 0 Å². The Bertz CT molecular complexity index is 740. The van der Waals surface area contributed by atoms with E-state index in [1.165, 1.54) is 16.7 Å². The summed E-state index contributed by atoms with van der Waals surface area (Å²) < 4.78 is 0. The standard InChI is InChI=1S/C22H30O2/c1-7-22(6,8-2)20-16(5)18(12-15(4)21(20)24)13-17-9-10-19(23)14(3)11-17/h9-12,23-24H,7-8,13H2,1-6H3. The Hall–Kier alpha value is -1.96. The second kappa shape index (κ2) is 6.88. The molecule has 0 aliphatic carbocycles. The minimum absolute atomic E-state index is 0.0141. The molecular weight excluding hydrogens is 296 g/mol. The van der Waals surface area contributed by atoms with Crippen LogP contribution in [0, 0.1) is 20.8 Å². The van der Waals surface area contributed by atoms with Gasteiger partial charge in [-0.3, -0.25) is 0 Å². The van der Waals surface area contributed by atoms with Gasteiger partial charge in [-0.1, -0.05) is 39.0 Å². The molecule has 24 heavy (non-hydrogen) atoms. The van der Waals surface area contributed by atoms with Crippen molar-refractivity contribution >= 4 is 0 Å². The molecule has 0 amide bonds. The van der Waals surface area contributed by atoms with Crippen molar-refractivity contribution in [2.75, 3.05) is 0 Å². The predicted octanol–water partition coefficient (Wildman–Crippen LogP) is 5.69. The van der Waals surface area contributed by atoms with E-state index in [0.717, 1.165) is 36.0 Å². The number of aromatic hydroxyl groups is 2. The van der Waals surface area contributed by atoms with E-state index in [-0.39, 0.29) is 5.41 Å². The third-order valence-electron chi connectivity index (χ3n) is 5.68. The van der Waals surface area contributed by atoms with Gasteiger partial charge in [-0.2, -0.15) is 0 Å². The minimum Gasteiger partial charge on any atom is -0.508 e. The monoisotopic (exact) mass is 326 g/mol. The van der Waals surface area contributed by atoms with E-state index in [1.54, 1.807) is 6.07 Å². The number of rotatable bonds is 5. The first-order valence-corrected chi connectivity index (χ1v) is 8.84. The zero-order valence-electron chi connectivity index (χ0n) is 15.8. The van der Waals surface area contributed by atoms with E-state index in [4.69, 9.17) is 0 Å². The molecule has 2 rings (SSSR count). The van der Waals surface area contributed by atoms with Crippen LogP contribution in [-0.2, 0) is 11.8 Å². The summed E-state index contributed by atoms with van der Waals surface area (Å²) in [6, 6.07) is 7.87. The molecule has 0 aliphatic rings. The zero-order chi connectivity index (χ0) is 18.1. The molecule has 0 aromatic heterocycles. The maximum atomic E-state index is 10.7. The van der Waals surface area contributed by atoms with Gasteiger partial charge >= 0.3 is 0 Å². The summed E-state index contributed by atoms with van der Waals surface area (Å²) in [5.41, 5.74) is 6.53. The Morgan fingerprint density at radius 1 is 0.917 bits per heavy atom. The van der Waals surface area contributed by atoms with Crippen LogP contribution in [0.3, 0.4) is 0 Å². The number of hydrogen-bond acceptors (Lipinski definition) is 2. The Labute approximate surface area is 146 Å². The van der Waals surface area contributed by atoms with E-state index in [2.05, 4.69) is 33.8 Å². The summed E-state index contributed by atoms with van der Waals surface area (Å²) in [4.78, 5) is 0. The molecule has 0 radical (unpaired) electrons. The van der Waals surface area contributed by atoms with Crippen LogP contribution in [0.5, 0.6) is 11.5 Å². The summed E-state index contributed by atoms with van der Waals surface area (Å²) >= 11 is 0. The van der Waals surface area contributed by atoms with Crippen molar-refractivity contribution in [2.24, 2.45) is 0 Å². The molecule has 2 nitrogen and oxygen atoms in total. The lowest BCUT2D eigenvalue weighted by Gasteiger charge is -2.32. The first-order valence-electron chi connectivity index (χ1n) is 8.84. The molecule has 0 unspecified atom stereocenters. The van der Waals surface area contributed by atoms with Gasteiger partial charge in [0.05, 0.1) is 0 Å². The van der Waals surface area contributed by atoms with Crippen molar-refractivity contribution in [3.8, 4) is 11.5 Å². The molecule has 2 aromatic rings. The highest BCUT2D eigenvalue weighted by molar-refractivity contribution is 5.53. The summed E-state index contributed by atoms with van der Waals surface area (Å²) in [5.74, 6) is 0.784. The molecule has 0 atom stereocenters. The predicted molar refractivity (Wildman–Crippen MR) is 101 cm³/mol. The molecule has 0 aliphatic heterocycles. The molecule has 2 N–H and O–H groups in total. The molecule has 0 spiro atoms. The van der Waals surface area contributed by atoms with Gasteiger partial charge in [0.25, 0.3) is 0 Å². The summed E-state index contributed by atoms with van der Waals surface area (Å²) in [6.07, 6.45) is 2.81. The van der Waals surface area contributed by atoms with Gasteiger partial charge < -0.3 is 10.2 Å². The molecule has 0 fully saturated rings. The molecule has 0 heterocycles. The summed E-state index contributed by atoms with van der Waals surface area (Å²) in [7, 11) is 0. The largest absolute Gasteiger partial charge is 0.508 e. The Balaban J connectivity index is 2.56. The fourth-order valence-corrected chi connectivity index (χ4v) is 3.55. The second-order valence-electron chi connectivity index (χ2n) is 7.27. The van der Waals surface area contributed by atoms with Crippen LogP contribution in [0.4, 0.5) is 0 Å². The van der Waals surface area contributed by atoms with Gasteiger partial charge in [-0.05, 0) is 79.3 Å². The van der Waals surface area contributed by atoms with Crippen LogP contribution in [0.15, 0.2) is 24.3 Å². The zero-order valence-corrected chi connectivity index (χ0v) is 15.8. The fourth-order valence-electron chi connectivity index (χ4n) is 3.55. The van der Waals surface area contributed by atoms with Gasteiger partial charge in [-0.25, -0.2) is 0 Å². The van der Waals surface area contributed by atoms with Gasteiger partial charge in [0.1, 0.15) is 11.5 Å². The lowest BCUT2D eigenvalue weighted by Crippen LogP contribution is -2.22. The topological polar surface area (TPSA) is 40.5 Å². The van der Waals surface area contributed by atoms with E-state index in [1.807, 2.05) is 26.0 Å². The van der Waals surface area contributed by atoms with Crippen molar-refractivity contribution < 1.29 is 10.2 Å². The summed E-state index contributed by atoms with van der Waals surface area (Å²) in [5, 5.41) is 20.4. The highest BCUT2D eigenvalue weighted by Gasteiger charge is 2.29. The number of phenols is 2. The van der Waals surface area contributed by atoms with Gasteiger partial charge in [-0.15, -0.1) is 0 Å². The van der Waals surface area contributed by atoms with E-state index in [0.29, 0.717) is 11.5 Å². The third-order valence-corrected chi connectivity index (χ3v) is 5.68. The number of hydrogen-bond donors (Lipinski definition) is 2. The maximum absolute atomic E-state index is 10.7. The average Bonchev–Trinajstić information content (AvgIpc) is 2.55. The van der Waals surface area contributed by atoms with Crippen molar-refractivity contribution in [1.82, 2.24) is 0 Å². The first kappa shape index (κ1) is 18.4. The van der Waals surface area contributed by atoms with Gasteiger partial charge in [0, 0.05) is 5.56 Å². The van der Waals surface area contributed by atoms with Gasteiger partial charge in [0.2, 0.25) is 0 Å². The molecule has 0 bridgehead atoms. The highest BCUT2D eigenvalue weighted by Crippen LogP contribution is 2.42. The maximum Gasteiger partial charge on any atom is 0.122 e. The normalized spacial score (nSPS) is 11.8. The smallest absolute Gasteiger partial charge is 0.122 e. The molecule has 0 saturated carbocycles. The third kappa shape index (κ3) is 3.28. The van der Waals surface area contributed by atoms with Gasteiger partial charge in [0.15, 0.2) is 0 Å². The first-order chi connectivity index (χ1) is 11.2. The number of benzene rings is 2. The molecule has 0 saturated heterocycles. The lowest BCUT2D eigenvalue weighted by molar-refractivity contribution is 0.393. The highest BCUT2D eigenvalue weighted by atomic mass is 16.3. The van der Waals surface area contributed by atoms with E-state index >= 15 is 0 Å². The molecule has 2 aromatic carbocycles. The number of phenolic OH excluding ortho intramolecular Hbond substituents is 2. The van der Waals surface area contributed by atoms with Crippen LogP contribution in [0.1, 0.15) is 67.0 Å². The molecule has 130 valence electrons. The fraction of sp³-hybridized carbons (Fsp3) is 0.455. The van der Waals surface area contributed by atoms with Crippen molar-refractivity contribution in [2.45, 2.75) is 66.2 Å². The van der Waals surface area contributed by atoms with Crippen LogP contribution in [0.2, 0.25) is 0 Å². The van der Waals surface area contributed by atoms with Crippen molar-refractivity contribution in [3.63, 3.8) is 0 Å². The molecular formula is C22H30O2. The minimum atomic E-state index is -0.0141. The van der Waals surface area contributed by atoms with E-state index < -0.39 is 0 Å². The van der Waals surface area contributed by atoms with Crippen LogP contribution >= 0.6 is 0 Å². The SMILES string of the molecule is CCC(C)(CC)c1c(C)c(Cc2ccc(O)c(C)c2)cc(C)c1O. The number of aryl methyl sites for hydroxylation is 2. The van der Waals surface area contributed by atoms with Crippen molar-refractivity contribution in [3.05, 3.63) is 57.6 Å². The van der Waals surface area contributed by atoms with E-state index in [9.17, 15) is 10.2 Å². The van der Waals surface area contributed by atoms with Crippen LogP contribution < -0.4 is 0 Å². The second-order valence-corrected chi connectivity index (χ2v) is 7.27. The quantitative estimate of drug-likeness (QED) is 0.741. The Morgan fingerprint density at radius 2 is 1.54 bits per heavy atom. The Morgan fingerprint density at radius 3 is 2.08 bits per heavy atom. The summed E-state index contributed by atoms with van der Waals surface area (Å²) in [6.45, 7) is 12.6. The van der Waals surface area contributed by atoms with Crippen molar-refractivity contribution in [1.29, 1.82) is 0 Å².